The summed E-state index contributed by atoms with van der Waals surface area (Å²) in [5, 5.41) is 14.0. The summed E-state index contributed by atoms with van der Waals surface area (Å²) in [6.45, 7) is 1.46. The standard InChI is InChI=1S/C14H16N2O3/c1-19-8-2-6-15-13-12-4-3-11(14(17)18)9-10(12)5-7-16-13/h3-5,7,9H,2,6,8H2,1H3,(H,15,16)(H,17,18). The minimum atomic E-state index is -0.923. The number of carbonyl (C=O) groups is 1. The van der Waals surface area contributed by atoms with Gasteiger partial charge in [-0.3, -0.25) is 0 Å². The first-order valence-corrected chi connectivity index (χ1v) is 6.07. The fraction of sp³-hybridized carbons (Fsp3) is 0.286. The molecule has 0 unspecified atom stereocenters. The molecule has 2 rings (SSSR count). The lowest BCUT2D eigenvalue weighted by molar-refractivity contribution is 0.0697. The minimum Gasteiger partial charge on any atom is -0.478 e. The maximum atomic E-state index is 10.9. The van der Waals surface area contributed by atoms with Gasteiger partial charge < -0.3 is 15.2 Å². The van der Waals surface area contributed by atoms with Crippen molar-refractivity contribution < 1.29 is 14.6 Å². The molecule has 0 radical (unpaired) electrons. The zero-order valence-electron chi connectivity index (χ0n) is 10.7. The average Bonchev–Trinajstić information content (AvgIpc) is 2.43. The van der Waals surface area contributed by atoms with Crippen molar-refractivity contribution in [1.29, 1.82) is 0 Å². The third-order valence-corrected chi connectivity index (χ3v) is 2.83. The number of hydrogen-bond acceptors (Lipinski definition) is 4. The van der Waals surface area contributed by atoms with Gasteiger partial charge in [-0.25, -0.2) is 9.78 Å². The van der Waals surface area contributed by atoms with E-state index >= 15 is 0 Å². The van der Waals surface area contributed by atoms with E-state index < -0.39 is 5.97 Å². The summed E-state index contributed by atoms with van der Waals surface area (Å²) < 4.78 is 4.98. The molecule has 0 saturated carbocycles. The number of anilines is 1. The molecule has 1 heterocycles. The Kier molecular flexibility index (Phi) is 4.30. The lowest BCUT2D eigenvalue weighted by Crippen LogP contribution is -2.06. The maximum absolute atomic E-state index is 10.9. The lowest BCUT2D eigenvalue weighted by atomic mass is 10.1. The Labute approximate surface area is 111 Å². The van der Waals surface area contributed by atoms with E-state index in [0.29, 0.717) is 6.61 Å². The molecule has 2 aromatic rings. The Hall–Kier alpha value is -2.14. The van der Waals surface area contributed by atoms with Crippen LogP contribution in [0, 0.1) is 0 Å². The molecule has 0 amide bonds. The number of hydrogen-bond donors (Lipinski definition) is 2. The number of aromatic nitrogens is 1. The molecule has 1 aromatic heterocycles. The fourth-order valence-corrected chi connectivity index (χ4v) is 1.88. The SMILES string of the molecule is COCCCNc1nccc2cc(C(=O)O)ccc12. The van der Waals surface area contributed by atoms with Gasteiger partial charge in [-0.15, -0.1) is 0 Å². The number of ether oxygens (including phenoxy) is 1. The summed E-state index contributed by atoms with van der Waals surface area (Å²) in [5.74, 6) is -0.154. The lowest BCUT2D eigenvalue weighted by Gasteiger charge is -2.08. The molecule has 19 heavy (non-hydrogen) atoms. The summed E-state index contributed by atoms with van der Waals surface area (Å²) in [4.78, 5) is 15.2. The van der Waals surface area contributed by atoms with Crippen molar-refractivity contribution in [3.05, 3.63) is 36.0 Å². The highest BCUT2D eigenvalue weighted by Gasteiger charge is 2.06. The van der Waals surface area contributed by atoms with Crippen LogP contribution in [0.1, 0.15) is 16.8 Å². The largest absolute Gasteiger partial charge is 0.478 e. The van der Waals surface area contributed by atoms with Crippen LogP contribution in [0.25, 0.3) is 10.8 Å². The van der Waals surface area contributed by atoms with Crippen LogP contribution in [0.15, 0.2) is 30.5 Å². The van der Waals surface area contributed by atoms with Crippen molar-refractivity contribution in [1.82, 2.24) is 4.98 Å². The van der Waals surface area contributed by atoms with E-state index in [0.717, 1.165) is 29.6 Å². The number of nitrogens with one attached hydrogen (secondary N) is 1. The van der Waals surface area contributed by atoms with Crippen molar-refractivity contribution in [2.24, 2.45) is 0 Å². The molecule has 0 bridgehead atoms. The quantitative estimate of drug-likeness (QED) is 0.780. The van der Waals surface area contributed by atoms with Crippen LogP contribution in [0.5, 0.6) is 0 Å². The molecule has 1 aromatic carbocycles. The second-order valence-electron chi connectivity index (χ2n) is 4.17. The van der Waals surface area contributed by atoms with Gasteiger partial charge in [-0.1, -0.05) is 0 Å². The predicted octanol–water partition coefficient (Wildman–Crippen LogP) is 2.38. The number of aromatic carboxylic acids is 1. The highest BCUT2D eigenvalue weighted by atomic mass is 16.5. The van der Waals surface area contributed by atoms with Crippen LogP contribution >= 0.6 is 0 Å². The van der Waals surface area contributed by atoms with Crippen molar-refractivity contribution in [3.63, 3.8) is 0 Å². The number of carboxylic acid groups (broad SMARTS) is 1. The molecule has 0 aliphatic carbocycles. The van der Waals surface area contributed by atoms with Crippen molar-refractivity contribution in [2.75, 3.05) is 25.6 Å². The first-order valence-electron chi connectivity index (χ1n) is 6.07. The number of carboxylic acids is 1. The van der Waals surface area contributed by atoms with Gasteiger partial charge in [0.05, 0.1) is 5.56 Å². The van der Waals surface area contributed by atoms with E-state index in [1.165, 1.54) is 0 Å². The highest BCUT2D eigenvalue weighted by Crippen LogP contribution is 2.22. The molecule has 0 aliphatic rings. The van der Waals surface area contributed by atoms with Gasteiger partial charge in [0.2, 0.25) is 0 Å². The Morgan fingerprint density at radius 3 is 3.00 bits per heavy atom. The average molecular weight is 260 g/mol. The first kappa shape index (κ1) is 13.3. The second kappa shape index (κ2) is 6.15. The smallest absolute Gasteiger partial charge is 0.335 e. The molecule has 0 atom stereocenters. The van der Waals surface area contributed by atoms with E-state index in [4.69, 9.17) is 9.84 Å². The van der Waals surface area contributed by atoms with E-state index in [2.05, 4.69) is 10.3 Å². The Morgan fingerprint density at radius 1 is 1.42 bits per heavy atom. The van der Waals surface area contributed by atoms with Crippen LogP contribution in [0.4, 0.5) is 5.82 Å². The molecular formula is C14H16N2O3. The number of fused-ring (bicyclic) bond motifs is 1. The third-order valence-electron chi connectivity index (χ3n) is 2.83. The van der Waals surface area contributed by atoms with Crippen LogP contribution in [-0.2, 0) is 4.74 Å². The monoisotopic (exact) mass is 260 g/mol. The van der Waals surface area contributed by atoms with Crippen LogP contribution in [0.3, 0.4) is 0 Å². The molecule has 5 nitrogen and oxygen atoms in total. The van der Waals surface area contributed by atoms with Gasteiger partial charge in [0.1, 0.15) is 5.82 Å². The summed E-state index contributed by atoms with van der Waals surface area (Å²) in [7, 11) is 1.67. The summed E-state index contributed by atoms with van der Waals surface area (Å²) in [5.41, 5.74) is 0.282. The van der Waals surface area contributed by atoms with E-state index in [1.54, 1.807) is 31.5 Å². The number of nitrogens with zero attached hydrogens (tertiary/aromatic N) is 1. The topological polar surface area (TPSA) is 71.5 Å². The molecule has 0 aliphatic heterocycles. The van der Waals surface area contributed by atoms with Crippen LogP contribution < -0.4 is 5.32 Å². The fourth-order valence-electron chi connectivity index (χ4n) is 1.88. The summed E-state index contributed by atoms with van der Waals surface area (Å²) in [6, 6.07) is 6.83. The third kappa shape index (κ3) is 3.20. The van der Waals surface area contributed by atoms with Crippen molar-refractivity contribution >= 4 is 22.6 Å². The van der Waals surface area contributed by atoms with Crippen LogP contribution in [0.2, 0.25) is 0 Å². The van der Waals surface area contributed by atoms with Gasteiger partial charge in [0.25, 0.3) is 0 Å². The van der Waals surface area contributed by atoms with Gasteiger partial charge in [0.15, 0.2) is 0 Å². The molecule has 0 spiro atoms. The van der Waals surface area contributed by atoms with Gasteiger partial charge in [0, 0.05) is 31.8 Å². The number of methoxy groups -OCH3 is 1. The van der Waals surface area contributed by atoms with Gasteiger partial charge in [-0.05, 0) is 36.1 Å². The molecule has 0 fully saturated rings. The van der Waals surface area contributed by atoms with Gasteiger partial charge >= 0.3 is 5.97 Å². The van der Waals surface area contributed by atoms with Crippen molar-refractivity contribution in [3.8, 4) is 0 Å². The van der Waals surface area contributed by atoms with Crippen molar-refractivity contribution in [2.45, 2.75) is 6.42 Å². The summed E-state index contributed by atoms with van der Waals surface area (Å²) in [6.07, 6.45) is 2.56. The predicted molar refractivity (Wildman–Crippen MR) is 73.7 cm³/mol. The molecular weight excluding hydrogens is 244 g/mol. The first-order chi connectivity index (χ1) is 9.22. The van der Waals surface area contributed by atoms with E-state index in [9.17, 15) is 4.79 Å². The normalized spacial score (nSPS) is 10.6. The highest BCUT2D eigenvalue weighted by molar-refractivity contribution is 5.98. The van der Waals surface area contributed by atoms with E-state index in [1.807, 2.05) is 6.07 Å². The Morgan fingerprint density at radius 2 is 2.26 bits per heavy atom. The van der Waals surface area contributed by atoms with E-state index in [-0.39, 0.29) is 5.56 Å². The zero-order chi connectivity index (χ0) is 13.7. The molecule has 0 saturated heterocycles. The Bertz CT molecular complexity index is 584. The number of benzene rings is 1. The molecule has 2 N–H and O–H groups in total. The Balaban J connectivity index is 2.22. The minimum absolute atomic E-state index is 0.282. The summed E-state index contributed by atoms with van der Waals surface area (Å²) >= 11 is 0. The number of pyridine rings is 1. The second-order valence-corrected chi connectivity index (χ2v) is 4.17. The zero-order valence-corrected chi connectivity index (χ0v) is 10.7. The van der Waals surface area contributed by atoms with Crippen LogP contribution in [-0.4, -0.2) is 36.3 Å². The maximum Gasteiger partial charge on any atom is 0.335 e. The molecule has 5 heteroatoms. The van der Waals surface area contributed by atoms with Gasteiger partial charge in [-0.2, -0.15) is 0 Å². The molecule has 100 valence electrons. The number of rotatable bonds is 6.